The molecule has 0 atom stereocenters. The predicted molar refractivity (Wildman–Crippen MR) is 63.0 cm³/mol. The van der Waals surface area contributed by atoms with Crippen LogP contribution in [0.2, 0.25) is 0 Å². The lowest BCUT2D eigenvalue weighted by atomic mass is 10.3. The van der Waals surface area contributed by atoms with Gasteiger partial charge in [-0.2, -0.15) is 4.68 Å². The quantitative estimate of drug-likeness (QED) is 0.856. The molecular weight excluding hydrogens is 237 g/mol. The van der Waals surface area contributed by atoms with Crippen LogP contribution < -0.4 is 10.1 Å². The Balaban J connectivity index is 2.38. The van der Waals surface area contributed by atoms with Gasteiger partial charge in [-0.25, -0.2) is 4.39 Å². The van der Waals surface area contributed by atoms with Gasteiger partial charge in [-0.1, -0.05) is 6.92 Å². The van der Waals surface area contributed by atoms with E-state index < -0.39 is 5.82 Å². The summed E-state index contributed by atoms with van der Waals surface area (Å²) in [7, 11) is 1.52. The molecule has 1 aromatic heterocycles. The third kappa shape index (κ3) is 2.45. The van der Waals surface area contributed by atoms with E-state index in [1.54, 1.807) is 12.1 Å². The number of halogens is 1. The SMILES string of the molecule is CCNCc1nnnn1-c1cc(OC)ccc1F. The Hall–Kier alpha value is -2.02. The van der Waals surface area contributed by atoms with Crippen LogP contribution in [0, 0.1) is 5.82 Å². The van der Waals surface area contributed by atoms with Gasteiger partial charge in [-0.3, -0.25) is 0 Å². The molecule has 0 saturated heterocycles. The van der Waals surface area contributed by atoms with Crippen LogP contribution in [-0.4, -0.2) is 33.9 Å². The highest BCUT2D eigenvalue weighted by Gasteiger charge is 2.12. The molecule has 0 amide bonds. The molecule has 0 aliphatic carbocycles. The van der Waals surface area contributed by atoms with Crippen LogP contribution in [0.25, 0.3) is 5.69 Å². The molecule has 2 aromatic rings. The summed E-state index contributed by atoms with van der Waals surface area (Å²) in [6, 6.07) is 4.43. The number of methoxy groups -OCH3 is 1. The van der Waals surface area contributed by atoms with Crippen molar-refractivity contribution in [2.24, 2.45) is 0 Å². The lowest BCUT2D eigenvalue weighted by Gasteiger charge is -2.07. The van der Waals surface area contributed by atoms with Crippen molar-refractivity contribution in [2.75, 3.05) is 13.7 Å². The Morgan fingerprint density at radius 2 is 2.28 bits per heavy atom. The molecule has 0 bridgehead atoms. The maximum atomic E-state index is 13.8. The van der Waals surface area contributed by atoms with Crippen molar-refractivity contribution in [1.82, 2.24) is 25.5 Å². The molecule has 2 rings (SSSR count). The van der Waals surface area contributed by atoms with Crippen LogP contribution in [0.15, 0.2) is 18.2 Å². The fourth-order valence-electron chi connectivity index (χ4n) is 1.52. The summed E-state index contributed by atoms with van der Waals surface area (Å²) < 4.78 is 20.2. The normalized spacial score (nSPS) is 10.6. The van der Waals surface area contributed by atoms with Gasteiger partial charge in [0.05, 0.1) is 13.7 Å². The van der Waals surface area contributed by atoms with Gasteiger partial charge in [-0.15, -0.1) is 5.10 Å². The van der Waals surface area contributed by atoms with E-state index in [0.29, 0.717) is 18.1 Å². The number of hydrogen-bond acceptors (Lipinski definition) is 5. The fourth-order valence-corrected chi connectivity index (χ4v) is 1.52. The Labute approximate surface area is 104 Å². The van der Waals surface area contributed by atoms with Crippen molar-refractivity contribution in [3.63, 3.8) is 0 Å². The summed E-state index contributed by atoms with van der Waals surface area (Å²) in [5.74, 6) is 0.696. The topological polar surface area (TPSA) is 64.9 Å². The molecule has 96 valence electrons. The fraction of sp³-hybridized carbons (Fsp3) is 0.364. The lowest BCUT2D eigenvalue weighted by molar-refractivity contribution is 0.413. The van der Waals surface area contributed by atoms with Gasteiger partial charge >= 0.3 is 0 Å². The Kier molecular flexibility index (Phi) is 3.83. The van der Waals surface area contributed by atoms with E-state index in [1.165, 1.54) is 17.9 Å². The van der Waals surface area contributed by atoms with E-state index in [4.69, 9.17) is 4.74 Å². The summed E-state index contributed by atoms with van der Waals surface area (Å²) in [6.45, 7) is 3.23. The number of hydrogen-bond donors (Lipinski definition) is 1. The predicted octanol–water partition coefficient (Wildman–Crippen LogP) is 0.919. The highest BCUT2D eigenvalue weighted by atomic mass is 19.1. The highest BCUT2D eigenvalue weighted by Crippen LogP contribution is 2.20. The average molecular weight is 251 g/mol. The van der Waals surface area contributed by atoms with Crippen LogP contribution in [0.1, 0.15) is 12.7 Å². The van der Waals surface area contributed by atoms with Crippen LogP contribution in [0.5, 0.6) is 5.75 Å². The summed E-state index contributed by atoms with van der Waals surface area (Å²) in [5.41, 5.74) is 0.271. The zero-order chi connectivity index (χ0) is 13.0. The molecule has 0 aliphatic rings. The van der Waals surface area contributed by atoms with Crippen molar-refractivity contribution in [2.45, 2.75) is 13.5 Å². The number of benzene rings is 1. The van der Waals surface area contributed by atoms with Crippen molar-refractivity contribution in [3.8, 4) is 11.4 Å². The Bertz CT molecular complexity index is 528. The summed E-state index contributed by atoms with van der Waals surface area (Å²) in [5, 5.41) is 14.3. The maximum Gasteiger partial charge on any atom is 0.170 e. The molecule has 7 heteroatoms. The third-order valence-corrected chi connectivity index (χ3v) is 2.45. The summed E-state index contributed by atoms with van der Waals surface area (Å²) in [4.78, 5) is 0. The largest absolute Gasteiger partial charge is 0.497 e. The van der Waals surface area contributed by atoms with Crippen molar-refractivity contribution in [3.05, 3.63) is 29.8 Å². The summed E-state index contributed by atoms with van der Waals surface area (Å²) >= 11 is 0. The number of aromatic nitrogens is 4. The molecule has 1 aromatic carbocycles. The number of nitrogens with one attached hydrogen (secondary N) is 1. The molecule has 0 radical (unpaired) electrons. The van der Waals surface area contributed by atoms with Gasteiger partial charge < -0.3 is 10.1 Å². The molecule has 6 nitrogen and oxygen atoms in total. The van der Waals surface area contributed by atoms with E-state index in [2.05, 4.69) is 20.8 Å². The standard InChI is InChI=1S/C11H14FN5O/c1-3-13-7-11-14-15-16-17(11)10-6-8(18-2)4-5-9(10)12/h4-6,13H,3,7H2,1-2H3. The second-order valence-electron chi connectivity index (χ2n) is 3.60. The minimum atomic E-state index is -0.402. The minimum Gasteiger partial charge on any atom is -0.497 e. The molecular formula is C11H14FN5O. The monoisotopic (exact) mass is 251 g/mol. The zero-order valence-corrected chi connectivity index (χ0v) is 10.2. The van der Waals surface area contributed by atoms with Crippen molar-refractivity contribution < 1.29 is 9.13 Å². The number of tetrazole rings is 1. The molecule has 18 heavy (non-hydrogen) atoms. The van der Waals surface area contributed by atoms with E-state index in [0.717, 1.165) is 6.54 Å². The van der Waals surface area contributed by atoms with E-state index in [-0.39, 0.29) is 5.69 Å². The lowest BCUT2D eigenvalue weighted by Crippen LogP contribution is -2.16. The number of rotatable bonds is 5. The molecule has 1 N–H and O–H groups in total. The van der Waals surface area contributed by atoms with Crippen molar-refractivity contribution in [1.29, 1.82) is 0 Å². The second kappa shape index (κ2) is 5.54. The first-order valence-corrected chi connectivity index (χ1v) is 5.58. The van der Waals surface area contributed by atoms with Gasteiger partial charge in [-0.05, 0) is 29.1 Å². The van der Waals surface area contributed by atoms with Gasteiger partial charge in [0.2, 0.25) is 0 Å². The molecule has 0 aliphatic heterocycles. The van der Waals surface area contributed by atoms with Crippen LogP contribution in [0.3, 0.4) is 0 Å². The van der Waals surface area contributed by atoms with Crippen LogP contribution in [0.4, 0.5) is 4.39 Å². The first-order valence-electron chi connectivity index (χ1n) is 5.58. The first-order chi connectivity index (χ1) is 8.76. The Morgan fingerprint density at radius 1 is 1.44 bits per heavy atom. The van der Waals surface area contributed by atoms with Crippen LogP contribution in [-0.2, 0) is 6.54 Å². The van der Waals surface area contributed by atoms with E-state index >= 15 is 0 Å². The second-order valence-corrected chi connectivity index (χ2v) is 3.60. The summed E-state index contributed by atoms with van der Waals surface area (Å²) in [6.07, 6.45) is 0. The molecule has 0 saturated carbocycles. The van der Waals surface area contributed by atoms with Gasteiger partial charge in [0.15, 0.2) is 5.82 Å². The highest BCUT2D eigenvalue weighted by molar-refractivity contribution is 5.40. The molecule has 1 heterocycles. The zero-order valence-electron chi connectivity index (χ0n) is 10.2. The number of nitrogens with zero attached hydrogens (tertiary/aromatic N) is 4. The maximum absolute atomic E-state index is 13.8. The molecule has 0 unspecified atom stereocenters. The smallest absolute Gasteiger partial charge is 0.170 e. The molecule has 0 fully saturated rings. The van der Waals surface area contributed by atoms with Crippen molar-refractivity contribution >= 4 is 0 Å². The van der Waals surface area contributed by atoms with E-state index in [9.17, 15) is 4.39 Å². The third-order valence-electron chi connectivity index (χ3n) is 2.45. The van der Waals surface area contributed by atoms with E-state index in [1.807, 2.05) is 6.92 Å². The average Bonchev–Trinajstić information content (AvgIpc) is 2.85. The minimum absolute atomic E-state index is 0.271. The first kappa shape index (κ1) is 12.4. The van der Waals surface area contributed by atoms with Gasteiger partial charge in [0, 0.05) is 6.07 Å². The van der Waals surface area contributed by atoms with Gasteiger partial charge in [0.1, 0.15) is 17.3 Å². The molecule has 0 spiro atoms. The van der Waals surface area contributed by atoms with Crippen LogP contribution >= 0.6 is 0 Å². The Morgan fingerprint density at radius 3 is 3.00 bits per heavy atom. The van der Waals surface area contributed by atoms with Gasteiger partial charge in [0.25, 0.3) is 0 Å². The number of ether oxygens (including phenoxy) is 1.